The molecule has 0 aromatic carbocycles. The molecule has 0 radical (unpaired) electrons. The molecule has 7 nitrogen and oxygen atoms in total. The predicted octanol–water partition coefficient (Wildman–Crippen LogP) is 0.516. The Morgan fingerprint density at radius 1 is 1.47 bits per heavy atom. The van der Waals surface area contributed by atoms with Crippen LogP contribution in [0.5, 0.6) is 0 Å². The summed E-state index contributed by atoms with van der Waals surface area (Å²) in [6.07, 6.45) is 1.33. The Morgan fingerprint density at radius 3 is 2.63 bits per heavy atom. The Bertz CT molecular complexity index is 500. The molecule has 19 heavy (non-hydrogen) atoms. The predicted molar refractivity (Wildman–Crippen MR) is 71.5 cm³/mol. The number of esters is 1. The zero-order chi connectivity index (χ0) is 14.6. The van der Waals surface area contributed by atoms with E-state index in [1.165, 1.54) is 12.3 Å². The van der Waals surface area contributed by atoms with Crippen LogP contribution in [0.15, 0.2) is 12.3 Å². The highest BCUT2D eigenvalue weighted by Crippen LogP contribution is 2.19. The number of rotatable bonds is 5. The number of pyridine rings is 1. The lowest BCUT2D eigenvalue weighted by molar-refractivity contribution is -0.121. The molecule has 0 aliphatic carbocycles. The summed E-state index contributed by atoms with van der Waals surface area (Å²) in [6.45, 7) is 5.16. The van der Waals surface area contributed by atoms with E-state index in [4.69, 9.17) is 16.2 Å². The van der Waals surface area contributed by atoms with Crippen LogP contribution < -0.4 is 16.8 Å². The number of carbonyl (C=O) groups excluding carboxylic acids is 2. The maximum absolute atomic E-state index is 11.7. The number of aromatic nitrogens is 1. The highest BCUT2D eigenvalue weighted by molar-refractivity contribution is 5.96. The minimum atomic E-state index is -0.991. The lowest BCUT2D eigenvalue weighted by Crippen LogP contribution is -2.45. The highest BCUT2D eigenvalue weighted by Gasteiger charge is 2.25. The van der Waals surface area contributed by atoms with Crippen molar-refractivity contribution in [1.82, 2.24) is 4.98 Å². The van der Waals surface area contributed by atoms with Gasteiger partial charge < -0.3 is 21.5 Å². The second kappa shape index (κ2) is 5.55. The van der Waals surface area contributed by atoms with E-state index in [0.29, 0.717) is 5.82 Å². The van der Waals surface area contributed by atoms with E-state index in [2.05, 4.69) is 10.3 Å². The molecule has 5 N–H and O–H groups in total. The largest absolute Gasteiger partial charge is 0.462 e. The average molecular weight is 266 g/mol. The minimum absolute atomic E-state index is 0.194. The molecule has 104 valence electrons. The molecule has 0 aliphatic rings. The van der Waals surface area contributed by atoms with E-state index >= 15 is 0 Å². The van der Waals surface area contributed by atoms with Crippen LogP contribution in [-0.2, 0) is 9.53 Å². The molecule has 0 saturated carbocycles. The topological polar surface area (TPSA) is 120 Å². The fourth-order valence-corrected chi connectivity index (χ4v) is 1.30. The van der Waals surface area contributed by atoms with Gasteiger partial charge in [-0.2, -0.15) is 0 Å². The van der Waals surface area contributed by atoms with Gasteiger partial charge in [0.25, 0.3) is 0 Å². The summed E-state index contributed by atoms with van der Waals surface area (Å²) in [6, 6.07) is 1.43. The van der Waals surface area contributed by atoms with E-state index in [0.717, 1.165) is 0 Å². The minimum Gasteiger partial charge on any atom is -0.462 e. The third-order valence-electron chi connectivity index (χ3n) is 2.49. The molecule has 0 spiro atoms. The third kappa shape index (κ3) is 3.57. The second-order valence-corrected chi connectivity index (χ2v) is 4.49. The number of amides is 1. The molecule has 0 unspecified atom stereocenters. The number of hydrogen-bond acceptors (Lipinski definition) is 6. The number of nitrogens with two attached hydrogens (primary N) is 2. The van der Waals surface area contributed by atoms with E-state index in [1.54, 1.807) is 20.8 Å². The molecule has 0 fully saturated rings. The van der Waals surface area contributed by atoms with Crippen LogP contribution in [-0.4, -0.2) is 29.0 Å². The van der Waals surface area contributed by atoms with Gasteiger partial charge in [-0.1, -0.05) is 0 Å². The van der Waals surface area contributed by atoms with Crippen LogP contribution in [0, 0.1) is 0 Å². The van der Waals surface area contributed by atoms with Crippen molar-refractivity contribution in [3.05, 3.63) is 17.8 Å². The Kier molecular flexibility index (Phi) is 4.31. The lowest BCUT2D eigenvalue weighted by atomic mass is 10.1. The number of carbonyl (C=O) groups is 2. The molecule has 0 saturated heterocycles. The number of hydrogen-bond donors (Lipinski definition) is 3. The molecule has 7 heteroatoms. The number of ether oxygens (including phenoxy) is 1. The van der Waals surface area contributed by atoms with Crippen LogP contribution in [0.3, 0.4) is 0 Å². The van der Waals surface area contributed by atoms with E-state index in [9.17, 15) is 9.59 Å². The lowest BCUT2D eigenvalue weighted by Gasteiger charge is -2.23. The molecule has 0 bridgehead atoms. The summed E-state index contributed by atoms with van der Waals surface area (Å²) in [5, 5.41) is 2.83. The van der Waals surface area contributed by atoms with Gasteiger partial charge in [-0.25, -0.2) is 9.78 Å². The smallest absolute Gasteiger partial charge is 0.340 e. The van der Waals surface area contributed by atoms with E-state index in [1.807, 2.05) is 0 Å². The quantitative estimate of drug-likeness (QED) is 0.668. The molecule has 1 amide bonds. The van der Waals surface area contributed by atoms with Crippen LogP contribution >= 0.6 is 0 Å². The first kappa shape index (κ1) is 14.7. The molecule has 1 heterocycles. The summed E-state index contributed by atoms with van der Waals surface area (Å²) < 4.78 is 4.88. The fourth-order valence-electron chi connectivity index (χ4n) is 1.30. The molecule has 0 atom stereocenters. The van der Waals surface area contributed by atoms with Gasteiger partial charge in [0.1, 0.15) is 11.4 Å². The van der Waals surface area contributed by atoms with Crippen molar-refractivity contribution in [3.8, 4) is 0 Å². The van der Waals surface area contributed by atoms with Gasteiger partial charge in [0.2, 0.25) is 5.91 Å². The monoisotopic (exact) mass is 266 g/mol. The van der Waals surface area contributed by atoms with Crippen molar-refractivity contribution in [2.24, 2.45) is 5.73 Å². The number of primary amides is 1. The summed E-state index contributed by atoms with van der Waals surface area (Å²) in [5.74, 6) is -0.757. The summed E-state index contributed by atoms with van der Waals surface area (Å²) in [4.78, 5) is 26.9. The van der Waals surface area contributed by atoms with Crippen molar-refractivity contribution in [2.75, 3.05) is 17.7 Å². The highest BCUT2D eigenvalue weighted by atomic mass is 16.5. The first-order valence-corrected chi connectivity index (χ1v) is 5.78. The standard InChI is InChI=1S/C12H18N4O3/c1-4-19-10(17)7-5-9(15-6-8(7)13)16-12(2,3)11(14)18/h5-6H,4,13H2,1-3H3,(H2,14,18)(H,15,16). The number of anilines is 2. The Morgan fingerprint density at radius 2 is 2.11 bits per heavy atom. The van der Waals surface area contributed by atoms with Crippen molar-refractivity contribution < 1.29 is 14.3 Å². The average Bonchev–Trinajstić information content (AvgIpc) is 2.31. The van der Waals surface area contributed by atoms with Gasteiger partial charge in [-0.15, -0.1) is 0 Å². The number of nitrogen functional groups attached to an aromatic ring is 1. The first-order chi connectivity index (χ1) is 8.77. The molecule has 1 rings (SSSR count). The van der Waals surface area contributed by atoms with E-state index in [-0.39, 0.29) is 17.9 Å². The van der Waals surface area contributed by atoms with Crippen LogP contribution in [0.2, 0.25) is 0 Å². The van der Waals surface area contributed by atoms with Gasteiger partial charge in [-0.3, -0.25) is 4.79 Å². The zero-order valence-corrected chi connectivity index (χ0v) is 11.2. The first-order valence-electron chi connectivity index (χ1n) is 5.78. The van der Waals surface area contributed by atoms with Gasteiger partial charge in [0.15, 0.2) is 0 Å². The third-order valence-corrected chi connectivity index (χ3v) is 2.49. The maximum atomic E-state index is 11.7. The number of nitrogens with zero attached hydrogens (tertiary/aromatic N) is 1. The molecular weight excluding hydrogens is 248 g/mol. The normalized spacial score (nSPS) is 10.9. The molecule has 1 aromatic heterocycles. The van der Waals surface area contributed by atoms with Gasteiger partial charge in [0, 0.05) is 0 Å². The van der Waals surface area contributed by atoms with Crippen LogP contribution in [0.4, 0.5) is 11.5 Å². The van der Waals surface area contributed by atoms with Gasteiger partial charge in [-0.05, 0) is 26.8 Å². The van der Waals surface area contributed by atoms with Gasteiger partial charge in [0.05, 0.1) is 24.1 Å². The summed E-state index contributed by atoms with van der Waals surface area (Å²) >= 11 is 0. The van der Waals surface area contributed by atoms with E-state index < -0.39 is 17.4 Å². The summed E-state index contributed by atoms with van der Waals surface area (Å²) in [7, 11) is 0. The van der Waals surface area contributed by atoms with Gasteiger partial charge >= 0.3 is 5.97 Å². The molecule has 0 aliphatic heterocycles. The zero-order valence-electron chi connectivity index (χ0n) is 11.2. The van der Waals surface area contributed by atoms with Crippen molar-refractivity contribution in [2.45, 2.75) is 26.3 Å². The molecular formula is C12H18N4O3. The molecule has 1 aromatic rings. The second-order valence-electron chi connectivity index (χ2n) is 4.49. The van der Waals surface area contributed by atoms with Crippen molar-refractivity contribution in [3.63, 3.8) is 0 Å². The Balaban J connectivity index is 3.03. The maximum Gasteiger partial charge on any atom is 0.340 e. The summed E-state index contributed by atoms with van der Waals surface area (Å²) in [5.41, 5.74) is 10.3. The van der Waals surface area contributed by atoms with Crippen molar-refractivity contribution in [1.29, 1.82) is 0 Å². The SMILES string of the molecule is CCOC(=O)c1cc(NC(C)(C)C(N)=O)ncc1N. The van der Waals surface area contributed by atoms with Crippen molar-refractivity contribution >= 4 is 23.4 Å². The van der Waals surface area contributed by atoms with Crippen LogP contribution in [0.25, 0.3) is 0 Å². The fraction of sp³-hybridized carbons (Fsp3) is 0.417. The van der Waals surface area contributed by atoms with Crippen LogP contribution in [0.1, 0.15) is 31.1 Å². The Labute approximate surface area is 111 Å². The number of nitrogens with one attached hydrogen (secondary N) is 1. The Hall–Kier alpha value is -2.31.